The summed E-state index contributed by atoms with van der Waals surface area (Å²) in [6.07, 6.45) is 0.410. The van der Waals surface area contributed by atoms with Crippen LogP contribution < -0.4 is 0 Å². The molecule has 5 nitrogen and oxygen atoms in total. The molecule has 0 spiro atoms. The van der Waals surface area contributed by atoms with E-state index in [0.717, 1.165) is 5.56 Å². The first-order chi connectivity index (χ1) is 7.44. The van der Waals surface area contributed by atoms with Crippen LogP contribution in [0.4, 0.5) is 0 Å². The van der Waals surface area contributed by atoms with Crippen molar-refractivity contribution in [3.8, 4) is 6.07 Å². The van der Waals surface area contributed by atoms with E-state index in [2.05, 4.69) is 11.2 Å². The van der Waals surface area contributed by atoms with Crippen molar-refractivity contribution in [2.24, 2.45) is 0 Å². The first-order valence-corrected chi connectivity index (χ1v) is 6.97. The van der Waals surface area contributed by atoms with Gasteiger partial charge in [0, 0.05) is 11.6 Å². The summed E-state index contributed by atoms with van der Waals surface area (Å²) in [6, 6.07) is 2.19. The van der Waals surface area contributed by atoms with Crippen molar-refractivity contribution >= 4 is 9.84 Å². The SMILES string of the molecule is CC(C)n1nc2c(c1C#N)CCS(=O)(=O)C2. The Labute approximate surface area is 94.6 Å². The molecule has 0 bridgehead atoms. The van der Waals surface area contributed by atoms with Crippen LogP contribution in [-0.2, 0) is 22.0 Å². The molecule has 0 fully saturated rings. The second-order valence-electron chi connectivity index (χ2n) is 4.27. The molecule has 0 radical (unpaired) electrons. The molecule has 1 aliphatic rings. The van der Waals surface area contributed by atoms with E-state index in [1.165, 1.54) is 0 Å². The Morgan fingerprint density at radius 2 is 2.19 bits per heavy atom. The molecule has 0 N–H and O–H groups in total. The second kappa shape index (κ2) is 3.59. The van der Waals surface area contributed by atoms with E-state index in [9.17, 15) is 8.42 Å². The zero-order valence-corrected chi connectivity index (χ0v) is 10.1. The summed E-state index contributed by atoms with van der Waals surface area (Å²) in [6.45, 7) is 3.85. The van der Waals surface area contributed by atoms with E-state index in [1.54, 1.807) is 4.68 Å². The van der Waals surface area contributed by atoms with Gasteiger partial charge >= 0.3 is 0 Å². The lowest BCUT2D eigenvalue weighted by Gasteiger charge is -2.09. The molecule has 0 aliphatic carbocycles. The molecule has 0 aromatic carbocycles. The third kappa shape index (κ3) is 1.71. The van der Waals surface area contributed by atoms with E-state index in [4.69, 9.17) is 5.26 Å². The molecule has 1 aromatic heterocycles. The topological polar surface area (TPSA) is 75.8 Å². The average Bonchev–Trinajstić information content (AvgIpc) is 2.53. The number of fused-ring (bicyclic) bond motifs is 1. The van der Waals surface area contributed by atoms with Crippen LogP contribution in [0, 0.1) is 11.3 Å². The Morgan fingerprint density at radius 1 is 1.50 bits per heavy atom. The summed E-state index contributed by atoms with van der Waals surface area (Å²) in [5, 5.41) is 13.3. The number of rotatable bonds is 1. The van der Waals surface area contributed by atoms with Crippen molar-refractivity contribution in [1.29, 1.82) is 5.26 Å². The molecule has 1 aliphatic heterocycles. The Hall–Kier alpha value is -1.35. The Morgan fingerprint density at radius 3 is 2.75 bits per heavy atom. The van der Waals surface area contributed by atoms with Gasteiger partial charge in [0.25, 0.3) is 0 Å². The summed E-state index contributed by atoms with van der Waals surface area (Å²) >= 11 is 0. The van der Waals surface area contributed by atoms with Gasteiger partial charge in [0.05, 0.1) is 17.2 Å². The van der Waals surface area contributed by atoms with Gasteiger partial charge in [-0.3, -0.25) is 4.68 Å². The maximum Gasteiger partial charge on any atom is 0.156 e. The molecule has 16 heavy (non-hydrogen) atoms. The molecule has 6 heteroatoms. The summed E-state index contributed by atoms with van der Waals surface area (Å²) in [5.41, 5.74) is 1.88. The van der Waals surface area contributed by atoms with Crippen LogP contribution in [0.3, 0.4) is 0 Å². The van der Waals surface area contributed by atoms with Gasteiger partial charge < -0.3 is 0 Å². The lowest BCUT2D eigenvalue weighted by Crippen LogP contribution is -2.18. The van der Waals surface area contributed by atoms with Gasteiger partial charge in [0.1, 0.15) is 11.8 Å². The third-order valence-electron chi connectivity index (χ3n) is 2.71. The monoisotopic (exact) mass is 239 g/mol. The van der Waals surface area contributed by atoms with Crippen LogP contribution in [0.15, 0.2) is 0 Å². The van der Waals surface area contributed by atoms with Crippen molar-refractivity contribution in [2.45, 2.75) is 32.1 Å². The fourth-order valence-corrected chi connectivity index (χ4v) is 3.23. The Balaban J connectivity index is 2.58. The zero-order chi connectivity index (χ0) is 11.9. The minimum absolute atomic E-state index is 0.0310. The summed E-state index contributed by atoms with van der Waals surface area (Å²) < 4.78 is 24.5. The minimum Gasteiger partial charge on any atom is -0.252 e. The summed E-state index contributed by atoms with van der Waals surface area (Å²) in [4.78, 5) is 0. The average molecular weight is 239 g/mol. The number of nitriles is 1. The molecular weight excluding hydrogens is 226 g/mol. The molecule has 2 rings (SSSR count). The maximum atomic E-state index is 11.5. The molecule has 0 saturated carbocycles. The fourth-order valence-electron chi connectivity index (χ4n) is 1.92. The standard InChI is InChI=1S/C10H13N3O2S/c1-7(2)13-10(5-11)8-3-4-16(14,15)6-9(8)12-13/h7H,3-4,6H2,1-2H3. The molecular formula is C10H13N3O2S. The molecule has 1 aromatic rings. The van der Waals surface area contributed by atoms with Gasteiger partial charge in [-0.2, -0.15) is 10.4 Å². The smallest absolute Gasteiger partial charge is 0.156 e. The van der Waals surface area contributed by atoms with Crippen molar-refractivity contribution in [2.75, 3.05) is 5.75 Å². The van der Waals surface area contributed by atoms with E-state index >= 15 is 0 Å². The largest absolute Gasteiger partial charge is 0.252 e. The predicted octanol–water partition coefficient (Wildman–Crippen LogP) is 0.807. The van der Waals surface area contributed by atoms with E-state index < -0.39 is 9.84 Å². The number of hydrogen-bond donors (Lipinski definition) is 0. The van der Waals surface area contributed by atoms with Crippen LogP contribution in [0.5, 0.6) is 0 Å². The van der Waals surface area contributed by atoms with Gasteiger partial charge in [-0.1, -0.05) is 0 Å². The van der Waals surface area contributed by atoms with Crippen LogP contribution >= 0.6 is 0 Å². The van der Waals surface area contributed by atoms with Gasteiger partial charge in [-0.25, -0.2) is 8.42 Å². The summed E-state index contributed by atoms with van der Waals surface area (Å²) in [5.74, 6) is 0.0925. The number of nitrogens with zero attached hydrogens (tertiary/aromatic N) is 3. The van der Waals surface area contributed by atoms with Crippen molar-refractivity contribution < 1.29 is 8.42 Å². The first kappa shape index (κ1) is 11.1. The zero-order valence-electron chi connectivity index (χ0n) is 9.27. The molecule has 86 valence electrons. The third-order valence-corrected chi connectivity index (χ3v) is 4.25. The fraction of sp³-hybridized carbons (Fsp3) is 0.600. The highest BCUT2D eigenvalue weighted by molar-refractivity contribution is 7.90. The van der Waals surface area contributed by atoms with E-state index in [0.29, 0.717) is 17.8 Å². The Kier molecular flexibility index (Phi) is 2.50. The normalized spacial score (nSPS) is 18.1. The quantitative estimate of drug-likeness (QED) is 0.726. The lowest BCUT2D eigenvalue weighted by atomic mass is 10.1. The second-order valence-corrected chi connectivity index (χ2v) is 6.45. The molecule has 0 unspecified atom stereocenters. The minimum atomic E-state index is -3.02. The number of hydrogen-bond acceptors (Lipinski definition) is 4. The highest BCUT2D eigenvalue weighted by Crippen LogP contribution is 2.24. The van der Waals surface area contributed by atoms with Crippen LogP contribution in [-0.4, -0.2) is 24.0 Å². The number of aromatic nitrogens is 2. The van der Waals surface area contributed by atoms with Crippen LogP contribution in [0.25, 0.3) is 0 Å². The lowest BCUT2D eigenvalue weighted by molar-refractivity contribution is 0.522. The van der Waals surface area contributed by atoms with E-state index in [1.807, 2.05) is 13.8 Å². The van der Waals surface area contributed by atoms with Crippen molar-refractivity contribution in [3.05, 3.63) is 17.0 Å². The highest BCUT2D eigenvalue weighted by atomic mass is 32.2. The van der Waals surface area contributed by atoms with Gasteiger partial charge in [0.2, 0.25) is 0 Å². The van der Waals surface area contributed by atoms with Crippen LogP contribution in [0.1, 0.15) is 36.8 Å². The molecule has 0 amide bonds. The maximum absolute atomic E-state index is 11.5. The van der Waals surface area contributed by atoms with E-state index in [-0.39, 0.29) is 17.5 Å². The van der Waals surface area contributed by atoms with Gasteiger partial charge in [-0.15, -0.1) is 0 Å². The number of sulfone groups is 1. The predicted molar refractivity (Wildman–Crippen MR) is 58.5 cm³/mol. The van der Waals surface area contributed by atoms with Gasteiger partial charge in [-0.05, 0) is 20.3 Å². The first-order valence-electron chi connectivity index (χ1n) is 5.15. The Bertz CT molecular complexity index is 564. The summed E-state index contributed by atoms with van der Waals surface area (Å²) in [7, 11) is -3.02. The molecule has 2 heterocycles. The molecule has 0 atom stereocenters. The van der Waals surface area contributed by atoms with Crippen molar-refractivity contribution in [1.82, 2.24) is 9.78 Å². The molecule has 0 saturated heterocycles. The highest BCUT2D eigenvalue weighted by Gasteiger charge is 2.28. The van der Waals surface area contributed by atoms with Crippen molar-refractivity contribution in [3.63, 3.8) is 0 Å². The van der Waals surface area contributed by atoms with Crippen LogP contribution in [0.2, 0.25) is 0 Å². The van der Waals surface area contributed by atoms with Gasteiger partial charge in [0.15, 0.2) is 9.84 Å².